The molecule has 1 N–H and O–H groups in total. The van der Waals surface area contributed by atoms with Crippen LogP contribution < -0.4 is 10.1 Å². The van der Waals surface area contributed by atoms with Gasteiger partial charge in [-0.15, -0.1) is 0 Å². The third kappa shape index (κ3) is 5.69. The highest BCUT2D eigenvalue weighted by atomic mass is 16.5. The second kappa shape index (κ2) is 10.2. The fourth-order valence-electron chi connectivity index (χ4n) is 4.02. The van der Waals surface area contributed by atoms with E-state index < -0.39 is 0 Å². The molecule has 1 heterocycles. The number of nitrogens with zero attached hydrogens (tertiary/aromatic N) is 1. The van der Waals surface area contributed by atoms with Crippen LogP contribution in [-0.2, 0) is 22.6 Å². The molecule has 0 saturated heterocycles. The molecule has 4 rings (SSSR count). The van der Waals surface area contributed by atoms with Gasteiger partial charge in [0.2, 0.25) is 11.8 Å². The van der Waals surface area contributed by atoms with E-state index in [1.54, 1.807) is 6.08 Å². The summed E-state index contributed by atoms with van der Waals surface area (Å²) in [6, 6.07) is 23.4. The predicted octanol–water partition coefficient (Wildman–Crippen LogP) is 5.38. The van der Waals surface area contributed by atoms with Gasteiger partial charge in [-0.1, -0.05) is 48.5 Å². The summed E-state index contributed by atoms with van der Waals surface area (Å²) in [5, 5.41) is 2.82. The molecular weight excluding hydrogens is 412 g/mol. The fourth-order valence-corrected chi connectivity index (χ4v) is 4.02. The van der Waals surface area contributed by atoms with Gasteiger partial charge in [-0.25, -0.2) is 0 Å². The molecule has 1 aliphatic rings. The lowest BCUT2D eigenvalue weighted by molar-refractivity contribution is -0.128. The van der Waals surface area contributed by atoms with Crippen molar-refractivity contribution in [1.82, 2.24) is 4.90 Å². The van der Waals surface area contributed by atoms with Crippen molar-refractivity contribution in [2.75, 3.05) is 11.9 Å². The first-order valence-corrected chi connectivity index (χ1v) is 11.2. The molecule has 5 heteroatoms. The van der Waals surface area contributed by atoms with Crippen LogP contribution in [0.3, 0.4) is 0 Å². The lowest BCUT2D eigenvalue weighted by Crippen LogP contribution is -2.31. The first-order chi connectivity index (χ1) is 16.0. The topological polar surface area (TPSA) is 58.6 Å². The van der Waals surface area contributed by atoms with Gasteiger partial charge in [0.15, 0.2) is 0 Å². The van der Waals surface area contributed by atoms with Gasteiger partial charge in [0.1, 0.15) is 5.75 Å². The van der Waals surface area contributed by atoms with E-state index in [4.69, 9.17) is 4.74 Å². The van der Waals surface area contributed by atoms with Crippen LogP contribution in [0.5, 0.6) is 5.75 Å². The number of ether oxygens (including phenoxy) is 1. The summed E-state index contributed by atoms with van der Waals surface area (Å²) in [6.45, 7) is 4.68. The molecule has 0 fully saturated rings. The first kappa shape index (κ1) is 22.3. The van der Waals surface area contributed by atoms with Gasteiger partial charge in [-0.2, -0.15) is 0 Å². The monoisotopic (exact) mass is 440 g/mol. The molecule has 3 aromatic carbocycles. The van der Waals surface area contributed by atoms with E-state index in [-0.39, 0.29) is 17.9 Å². The standard InChI is InChI=1S/C28H28N2O3/c1-20(24-9-6-10-26(18-24)29-21(2)31)30(19-23-7-4-3-5-8-23)28(32)14-12-22-11-13-27-25(17-22)15-16-33-27/h3-14,17-18,20H,15-16,19H2,1-2H3,(H,29,31)/b14-12+. The number of amides is 2. The van der Waals surface area contributed by atoms with E-state index in [9.17, 15) is 9.59 Å². The number of benzene rings is 3. The number of rotatable bonds is 7. The third-order valence-electron chi connectivity index (χ3n) is 5.77. The highest BCUT2D eigenvalue weighted by Gasteiger charge is 2.21. The highest BCUT2D eigenvalue weighted by molar-refractivity contribution is 5.92. The van der Waals surface area contributed by atoms with Crippen molar-refractivity contribution < 1.29 is 14.3 Å². The summed E-state index contributed by atoms with van der Waals surface area (Å²) in [6.07, 6.45) is 4.39. The third-order valence-corrected chi connectivity index (χ3v) is 5.77. The Morgan fingerprint density at radius 1 is 1.06 bits per heavy atom. The van der Waals surface area contributed by atoms with Crippen LogP contribution in [0, 0.1) is 0 Å². The van der Waals surface area contributed by atoms with Crippen LogP contribution in [0.2, 0.25) is 0 Å². The minimum absolute atomic E-state index is 0.0759. The smallest absolute Gasteiger partial charge is 0.247 e. The maximum atomic E-state index is 13.4. The Bertz CT molecular complexity index is 1170. The summed E-state index contributed by atoms with van der Waals surface area (Å²) < 4.78 is 5.57. The first-order valence-electron chi connectivity index (χ1n) is 11.2. The zero-order valence-corrected chi connectivity index (χ0v) is 19.0. The Labute approximate surface area is 194 Å². The minimum atomic E-state index is -0.190. The van der Waals surface area contributed by atoms with E-state index in [0.29, 0.717) is 13.2 Å². The zero-order chi connectivity index (χ0) is 23.2. The van der Waals surface area contributed by atoms with Crippen molar-refractivity contribution in [2.45, 2.75) is 32.9 Å². The van der Waals surface area contributed by atoms with Crippen molar-refractivity contribution in [3.63, 3.8) is 0 Å². The molecule has 1 unspecified atom stereocenters. The highest BCUT2D eigenvalue weighted by Crippen LogP contribution is 2.28. The predicted molar refractivity (Wildman–Crippen MR) is 131 cm³/mol. The second-order valence-corrected chi connectivity index (χ2v) is 8.23. The van der Waals surface area contributed by atoms with Gasteiger partial charge in [0, 0.05) is 31.7 Å². The van der Waals surface area contributed by atoms with Crippen molar-refractivity contribution in [3.05, 3.63) is 101 Å². The Balaban J connectivity index is 1.58. The summed E-state index contributed by atoms with van der Waals surface area (Å²) in [5.74, 6) is 0.726. The zero-order valence-electron chi connectivity index (χ0n) is 19.0. The van der Waals surface area contributed by atoms with Gasteiger partial charge < -0.3 is 15.0 Å². The number of carbonyl (C=O) groups excluding carboxylic acids is 2. The second-order valence-electron chi connectivity index (χ2n) is 8.23. The maximum Gasteiger partial charge on any atom is 0.247 e. The Kier molecular flexibility index (Phi) is 6.89. The van der Waals surface area contributed by atoms with Crippen LogP contribution in [0.1, 0.15) is 42.1 Å². The number of hydrogen-bond acceptors (Lipinski definition) is 3. The van der Waals surface area contributed by atoms with E-state index >= 15 is 0 Å². The molecule has 3 aromatic rings. The minimum Gasteiger partial charge on any atom is -0.493 e. The Morgan fingerprint density at radius 3 is 2.67 bits per heavy atom. The Morgan fingerprint density at radius 2 is 1.88 bits per heavy atom. The quantitative estimate of drug-likeness (QED) is 0.502. The summed E-state index contributed by atoms with van der Waals surface area (Å²) >= 11 is 0. The van der Waals surface area contributed by atoms with Crippen molar-refractivity contribution in [3.8, 4) is 5.75 Å². The van der Waals surface area contributed by atoms with E-state index in [0.717, 1.165) is 34.5 Å². The van der Waals surface area contributed by atoms with Crippen LogP contribution in [0.25, 0.3) is 6.08 Å². The summed E-state index contributed by atoms with van der Waals surface area (Å²) in [4.78, 5) is 26.7. The molecule has 2 amide bonds. The molecule has 0 bridgehead atoms. The molecule has 0 aromatic heterocycles. The van der Waals surface area contributed by atoms with E-state index in [1.807, 2.05) is 84.6 Å². The average molecular weight is 441 g/mol. The number of carbonyl (C=O) groups is 2. The molecule has 33 heavy (non-hydrogen) atoms. The fraction of sp³-hybridized carbons (Fsp3) is 0.214. The molecule has 0 radical (unpaired) electrons. The number of nitrogens with one attached hydrogen (secondary N) is 1. The molecule has 5 nitrogen and oxygen atoms in total. The van der Waals surface area contributed by atoms with Gasteiger partial charge in [-0.3, -0.25) is 9.59 Å². The van der Waals surface area contributed by atoms with Crippen LogP contribution in [0.4, 0.5) is 5.69 Å². The Hall–Kier alpha value is -3.86. The van der Waals surface area contributed by atoms with Crippen molar-refractivity contribution in [1.29, 1.82) is 0 Å². The van der Waals surface area contributed by atoms with Gasteiger partial charge in [0.25, 0.3) is 0 Å². The SMILES string of the molecule is CC(=O)Nc1cccc(C(C)N(Cc2ccccc2)C(=O)/C=C/c2ccc3c(c2)CCO3)c1. The van der Waals surface area contributed by atoms with Crippen LogP contribution in [0.15, 0.2) is 78.9 Å². The molecule has 1 aliphatic heterocycles. The average Bonchev–Trinajstić information content (AvgIpc) is 3.29. The summed E-state index contributed by atoms with van der Waals surface area (Å²) in [7, 11) is 0. The van der Waals surface area contributed by atoms with Gasteiger partial charge >= 0.3 is 0 Å². The number of hydrogen-bond donors (Lipinski definition) is 1. The molecule has 0 spiro atoms. The molecule has 0 aliphatic carbocycles. The largest absolute Gasteiger partial charge is 0.493 e. The van der Waals surface area contributed by atoms with Crippen molar-refractivity contribution >= 4 is 23.6 Å². The molecule has 1 atom stereocenters. The van der Waals surface area contributed by atoms with Crippen molar-refractivity contribution in [2.24, 2.45) is 0 Å². The van der Waals surface area contributed by atoms with Gasteiger partial charge in [0.05, 0.1) is 12.6 Å². The van der Waals surface area contributed by atoms with Crippen LogP contribution >= 0.6 is 0 Å². The number of fused-ring (bicyclic) bond motifs is 1. The lowest BCUT2D eigenvalue weighted by Gasteiger charge is -2.29. The normalized spacial score (nSPS) is 13.3. The molecular formula is C28H28N2O3. The van der Waals surface area contributed by atoms with E-state index in [1.165, 1.54) is 12.5 Å². The van der Waals surface area contributed by atoms with Gasteiger partial charge in [-0.05, 0) is 59.5 Å². The lowest BCUT2D eigenvalue weighted by atomic mass is 10.0. The van der Waals surface area contributed by atoms with Crippen LogP contribution in [-0.4, -0.2) is 23.3 Å². The van der Waals surface area contributed by atoms with E-state index in [2.05, 4.69) is 11.4 Å². The molecule has 168 valence electrons. The molecule has 0 saturated carbocycles. The maximum absolute atomic E-state index is 13.4. The summed E-state index contributed by atoms with van der Waals surface area (Å²) in [5.41, 5.74) is 4.88. The number of anilines is 1.